The Kier molecular flexibility index (Phi) is 4.72. The van der Waals surface area contributed by atoms with Gasteiger partial charge in [-0.2, -0.15) is 0 Å². The van der Waals surface area contributed by atoms with Crippen LogP contribution in [0.1, 0.15) is 6.42 Å². The number of allylic oxidation sites excluding steroid dienone is 12. The predicted molar refractivity (Wildman–Crippen MR) is 85.1 cm³/mol. The van der Waals surface area contributed by atoms with Crippen molar-refractivity contribution in [2.24, 2.45) is 0 Å². The van der Waals surface area contributed by atoms with E-state index >= 15 is 0 Å². The highest BCUT2D eigenvalue weighted by molar-refractivity contribution is 5.46. The first kappa shape index (κ1) is 14.8. The highest BCUT2D eigenvalue weighted by Crippen LogP contribution is 2.17. The van der Waals surface area contributed by atoms with Gasteiger partial charge in [0.05, 0.1) is 4.92 Å². The van der Waals surface area contributed by atoms with Crippen LogP contribution in [0.25, 0.3) is 0 Å². The van der Waals surface area contributed by atoms with Crippen LogP contribution in [0.3, 0.4) is 0 Å². The van der Waals surface area contributed by atoms with Gasteiger partial charge in [-0.05, 0) is 35.8 Å². The maximum absolute atomic E-state index is 10.6. The molecule has 0 aromatic rings. The maximum Gasteiger partial charge on any atom is 0.270 e. The van der Waals surface area contributed by atoms with Crippen molar-refractivity contribution in [2.45, 2.75) is 6.42 Å². The Morgan fingerprint density at radius 3 is 2.67 bits per heavy atom. The first-order valence-corrected chi connectivity index (χ1v) is 6.73. The molecular formula is C17H18N2O2. The molecule has 4 nitrogen and oxygen atoms in total. The number of nitrogens with zero attached hydrogens (tertiary/aromatic N) is 2. The van der Waals surface area contributed by atoms with Gasteiger partial charge in [0.25, 0.3) is 5.70 Å². The highest BCUT2D eigenvalue weighted by Gasteiger charge is 2.11. The fraction of sp³-hybridized carbons (Fsp3) is 0.176. The molecule has 0 unspecified atom stereocenters. The first-order valence-electron chi connectivity index (χ1n) is 6.73. The van der Waals surface area contributed by atoms with Crippen molar-refractivity contribution in [2.75, 3.05) is 14.1 Å². The van der Waals surface area contributed by atoms with Gasteiger partial charge in [-0.25, -0.2) is 0 Å². The average Bonchev–Trinajstić information content (AvgIpc) is 2.86. The highest BCUT2D eigenvalue weighted by atomic mass is 16.6. The SMILES string of the molecule is CN(C)C1=C/C=C\CC(=C\C=C2\C=CC([N+](=O)[O-])=C2)/C=C\1. The van der Waals surface area contributed by atoms with Gasteiger partial charge in [-0.1, -0.05) is 30.4 Å². The molecule has 0 aliphatic heterocycles. The van der Waals surface area contributed by atoms with Gasteiger partial charge >= 0.3 is 0 Å². The summed E-state index contributed by atoms with van der Waals surface area (Å²) in [5.74, 6) is 0. The monoisotopic (exact) mass is 282 g/mol. The van der Waals surface area contributed by atoms with Crippen LogP contribution in [-0.2, 0) is 0 Å². The van der Waals surface area contributed by atoms with Crippen LogP contribution >= 0.6 is 0 Å². The van der Waals surface area contributed by atoms with E-state index in [0.717, 1.165) is 23.3 Å². The second-order valence-corrected chi connectivity index (χ2v) is 5.02. The molecule has 0 aromatic heterocycles. The summed E-state index contributed by atoms with van der Waals surface area (Å²) in [4.78, 5) is 12.3. The zero-order chi connectivity index (χ0) is 15.2. The third kappa shape index (κ3) is 4.18. The molecule has 0 radical (unpaired) electrons. The topological polar surface area (TPSA) is 46.4 Å². The first-order chi connectivity index (χ1) is 10.1. The van der Waals surface area contributed by atoms with E-state index in [1.807, 2.05) is 37.2 Å². The number of hydrogen-bond donors (Lipinski definition) is 0. The molecule has 2 rings (SSSR count). The lowest BCUT2D eigenvalue weighted by molar-refractivity contribution is -0.418. The normalized spacial score (nSPS) is 26.8. The number of rotatable bonds is 3. The predicted octanol–water partition coefficient (Wildman–Crippen LogP) is 3.53. The fourth-order valence-electron chi connectivity index (χ4n) is 1.98. The van der Waals surface area contributed by atoms with Crippen molar-refractivity contribution >= 4 is 0 Å². The smallest absolute Gasteiger partial charge is 0.270 e. The minimum Gasteiger partial charge on any atom is -0.378 e. The van der Waals surface area contributed by atoms with Crippen molar-refractivity contribution < 1.29 is 4.92 Å². The van der Waals surface area contributed by atoms with Crippen LogP contribution in [0.4, 0.5) is 0 Å². The van der Waals surface area contributed by atoms with Crippen LogP contribution in [0.15, 0.2) is 83.3 Å². The van der Waals surface area contributed by atoms with Gasteiger partial charge in [0.2, 0.25) is 0 Å². The third-order valence-electron chi connectivity index (χ3n) is 3.20. The van der Waals surface area contributed by atoms with Crippen LogP contribution in [0, 0.1) is 10.1 Å². The van der Waals surface area contributed by atoms with Crippen LogP contribution < -0.4 is 0 Å². The largest absolute Gasteiger partial charge is 0.378 e. The molecule has 108 valence electrons. The maximum atomic E-state index is 10.6. The van der Waals surface area contributed by atoms with E-state index in [4.69, 9.17) is 0 Å². The molecular weight excluding hydrogens is 264 g/mol. The lowest BCUT2D eigenvalue weighted by atomic mass is 10.1. The molecule has 0 spiro atoms. The van der Waals surface area contributed by atoms with E-state index in [2.05, 4.69) is 24.3 Å². The lowest BCUT2D eigenvalue weighted by Gasteiger charge is -2.14. The van der Waals surface area contributed by atoms with Gasteiger partial charge in [0, 0.05) is 31.9 Å². The summed E-state index contributed by atoms with van der Waals surface area (Å²) in [6.45, 7) is 0. The Morgan fingerprint density at radius 1 is 1.19 bits per heavy atom. The summed E-state index contributed by atoms with van der Waals surface area (Å²) in [6.07, 6.45) is 19.9. The van der Waals surface area contributed by atoms with Crippen molar-refractivity contribution in [1.29, 1.82) is 0 Å². The minimum absolute atomic E-state index is 0.130. The summed E-state index contributed by atoms with van der Waals surface area (Å²) in [7, 11) is 4.01. The van der Waals surface area contributed by atoms with Crippen LogP contribution in [-0.4, -0.2) is 23.9 Å². The zero-order valence-corrected chi connectivity index (χ0v) is 12.2. The molecule has 4 heteroatoms. The second kappa shape index (κ2) is 6.70. The Labute approximate surface area is 124 Å². The fourth-order valence-corrected chi connectivity index (χ4v) is 1.98. The van der Waals surface area contributed by atoms with Crippen molar-refractivity contribution in [3.8, 4) is 0 Å². The molecule has 0 atom stereocenters. The Morgan fingerprint density at radius 2 is 2.00 bits per heavy atom. The Hall–Kier alpha value is -2.62. The van der Waals surface area contributed by atoms with E-state index in [1.165, 1.54) is 6.08 Å². The lowest BCUT2D eigenvalue weighted by Crippen LogP contribution is -2.09. The van der Waals surface area contributed by atoms with Crippen LogP contribution in [0.5, 0.6) is 0 Å². The van der Waals surface area contributed by atoms with Crippen LogP contribution in [0.2, 0.25) is 0 Å². The average molecular weight is 282 g/mol. The summed E-state index contributed by atoms with van der Waals surface area (Å²) in [5, 5.41) is 10.6. The van der Waals surface area contributed by atoms with Crippen molar-refractivity contribution in [3.05, 3.63) is 93.4 Å². The number of likely N-dealkylation sites (N-methyl/N-ethyl adjacent to an activating group) is 1. The van der Waals surface area contributed by atoms with Gasteiger partial charge < -0.3 is 4.90 Å². The van der Waals surface area contributed by atoms with Gasteiger partial charge in [-0.3, -0.25) is 10.1 Å². The summed E-state index contributed by atoms with van der Waals surface area (Å²) in [5.41, 5.74) is 3.26. The van der Waals surface area contributed by atoms with E-state index in [1.54, 1.807) is 12.2 Å². The molecule has 2 aliphatic rings. The van der Waals surface area contributed by atoms with Crippen molar-refractivity contribution in [3.63, 3.8) is 0 Å². The number of nitro groups is 1. The van der Waals surface area contributed by atoms with Gasteiger partial charge in [0.1, 0.15) is 0 Å². The molecule has 0 amide bonds. The molecule has 0 saturated heterocycles. The van der Waals surface area contributed by atoms with E-state index in [9.17, 15) is 10.1 Å². The molecule has 0 bridgehead atoms. The van der Waals surface area contributed by atoms with E-state index in [0.29, 0.717) is 0 Å². The molecule has 0 N–H and O–H groups in total. The van der Waals surface area contributed by atoms with E-state index in [-0.39, 0.29) is 10.6 Å². The van der Waals surface area contributed by atoms with Crippen molar-refractivity contribution in [1.82, 2.24) is 4.90 Å². The third-order valence-corrected chi connectivity index (χ3v) is 3.20. The summed E-state index contributed by atoms with van der Waals surface area (Å²) >= 11 is 0. The Balaban J connectivity index is 2.16. The molecule has 0 saturated carbocycles. The number of hydrogen-bond acceptors (Lipinski definition) is 3. The van der Waals surface area contributed by atoms with Gasteiger partial charge in [-0.15, -0.1) is 0 Å². The summed E-state index contributed by atoms with van der Waals surface area (Å²) < 4.78 is 0. The summed E-state index contributed by atoms with van der Waals surface area (Å²) in [6, 6.07) is 0. The molecule has 0 aromatic carbocycles. The Bertz CT molecular complexity index is 642. The second-order valence-electron chi connectivity index (χ2n) is 5.02. The zero-order valence-electron chi connectivity index (χ0n) is 12.2. The molecule has 2 aliphatic carbocycles. The quantitative estimate of drug-likeness (QED) is 0.587. The standard InChI is InChI=1S/C17H18N2O2/c1-18(2)16-6-4-3-5-14(9-11-16)7-8-15-10-12-17(13-15)19(20)21/h3-4,6-13H,5H2,1-2H3/b4-3-,11-9-,14-7+,15-8-,16-6+. The van der Waals surface area contributed by atoms with E-state index < -0.39 is 0 Å². The molecule has 21 heavy (non-hydrogen) atoms. The van der Waals surface area contributed by atoms with Gasteiger partial charge in [0.15, 0.2) is 0 Å². The molecule has 0 fully saturated rings. The molecule has 0 heterocycles. The minimum atomic E-state index is -0.378.